The topological polar surface area (TPSA) is 81.2 Å². The number of methoxy groups -OCH3 is 1. The molecule has 2 aromatic carbocycles. The summed E-state index contributed by atoms with van der Waals surface area (Å²) in [7, 11) is 1.66. The van der Waals surface area contributed by atoms with E-state index in [4.69, 9.17) is 16.3 Å². The summed E-state index contributed by atoms with van der Waals surface area (Å²) in [5.74, 6) is 0.279. The highest BCUT2D eigenvalue weighted by Crippen LogP contribution is 2.35. The van der Waals surface area contributed by atoms with E-state index in [1.54, 1.807) is 7.11 Å². The highest BCUT2D eigenvalue weighted by atomic mass is 35.5. The van der Waals surface area contributed by atoms with Crippen LogP contribution in [0.15, 0.2) is 60.0 Å². The van der Waals surface area contributed by atoms with Crippen LogP contribution in [0.5, 0.6) is 5.75 Å². The molecule has 0 aromatic heterocycles. The molecule has 11 heteroatoms. The molecule has 3 aliphatic heterocycles. The van der Waals surface area contributed by atoms with Crippen LogP contribution in [0.3, 0.4) is 0 Å². The predicted molar refractivity (Wildman–Crippen MR) is 127 cm³/mol. The molecule has 0 saturated carbocycles. The van der Waals surface area contributed by atoms with Gasteiger partial charge in [-0.05, 0) is 42.3 Å². The number of thioether (sulfide) groups is 1. The Morgan fingerprint density at radius 1 is 1.30 bits per heavy atom. The molecular weight excluding hydrogens is 467 g/mol. The van der Waals surface area contributed by atoms with Crippen LogP contribution < -0.4 is 20.9 Å². The summed E-state index contributed by atoms with van der Waals surface area (Å²) < 4.78 is 18.4. The Kier molecular flexibility index (Phi) is 6.05. The number of rotatable bonds is 5. The van der Waals surface area contributed by atoms with Gasteiger partial charge in [-0.1, -0.05) is 35.5 Å². The number of nitrogens with zero attached hydrogens (tertiary/aromatic N) is 3. The van der Waals surface area contributed by atoms with Crippen LogP contribution in [0, 0.1) is 5.82 Å². The Morgan fingerprint density at radius 2 is 2.12 bits per heavy atom. The van der Waals surface area contributed by atoms with Crippen molar-refractivity contribution in [3.8, 4) is 5.75 Å². The van der Waals surface area contributed by atoms with Gasteiger partial charge < -0.3 is 20.0 Å². The van der Waals surface area contributed by atoms with Gasteiger partial charge in [-0.2, -0.15) is 5.10 Å². The van der Waals surface area contributed by atoms with Gasteiger partial charge in [-0.3, -0.25) is 10.2 Å². The van der Waals surface area contributed by atoms with Gasteiger partial charge in [0.1, 0.15) is 17.7 Å². The molecule has 3 aliphatic rings. The van der Waals surface area contributed by atoms with Crippen molar-refractivity contribution < 1.29 is 13.9 Å². The van der Waals surface area contributed by atoms with Crippen molar-refractivity contribution in [3.05, 3.63) is 71.3 Å². The number of nitrogens with one attached hydrogen (secondary N) is 3. The first-order valence-corrected chi connectivity index (χ1v) is 11.7. The Morgan fingerprint density at radius 3 is 2.88 bits per heavy atom. The third kappa shape index (κ3) is 4.46. The molecule has 3 unspecified atom stereocenters. The van der Waals surface area contributed by atoms with E-state index in [0.717, 1.165) is 12.2 Å². The number of hydrogen-bond acceptors (Lipinski definition) is 8. The molecule has 1 fully saturated rings. The SMILES string of the molecule is COc1ccc(C2CC3C4NN=C(SCC(=O)Nc5ccc(F)cc5Cl)N4C=CN3N2)cc1. The van der Waals surface area contributed by atoms with Gasteiger partial charge >= 0.3 is 0 Å². The minimum absolute atomic E-state index is 0.0390. The average Bonchev–Trinajstić information content (AvgIpc) is 3.43. The molecule has 1 amide bonds. The van der Waals surface area contributed by atoms with Gasteiger partial charge in [-0.15, -0.1) is 0 Å². The standard InChI is InChI=1S/C22H22ClFN6O2S/c1-32-15-5-2-13(3-6-15)18-11-19-21-26-27-22(29(21)8-9-30(19)28-18)33-12-20(31)25-17-7-4-14(24)10-16(17)23/h2-10,18-19,21,26,28H,11-12H2,1H3,(H,25,31). The smallest absolute Gasteiger partial charge is 0.234 e. The highest BCUT2D eigenvalue weighted by Gasteiger charge is 2.44. The van der Waals surface area contributed by atoms with Gasteiger partial charge in [0.05, 0.1) is 35.7 Å². The van der Waals surface area contributed by atoms with Crippen molar-refractivity contribution in [1.29, 1.82) is 0 Å². The van der Waals surface area contributed by atoms with E-state index in [9.17, 15) is 9.18 Å². The molecule has 3 heterocycles. The van der Waals surface area contributed by atoms with Crippen LogP contribution in [-0.4, -0.2) is 46.1 Å². The summed E-state index contributed by atoms with van der Waals surface area (Å²) in [6, 6.07) is 12.3. The second-order valence-corrected chi connectivity index (χ2v) is 9.15. The van der Waals surface area contributed by atoms with E-state index < -0.39 is 5.82 Å². The van der Waals surface area contributed by atoms with Crippen molar-refractivity contribution >= 4 is 40.1 Å². The van der Waals surface area contributed by atoms with Gasteiger partial charge in [0.25, 0.3) is 0 Å². The van der Waals surface area contributed by atoms with Crippen LogP contribution >= 0.6 is 23.4 Å². The first kappa shape index (κ1) is 21.9. The molecule has 2 aromatic rings. The Hall–Kier alpha value is -2.95. The summed E-state index contributed by atoms with van der Waals surface area (Å²) in [4.78, 5) is 14.4. The van der Waals surface area contributed by atoms with Crippen molar-refractivity contribution in [2.45, 2.75) is 24.7 Å². The molecule has 0 aliphatic carbocycles. The first-order chi connectivity index (χ1) is 16.0. The highest BCUT2D eigenvalue weighted by molar-refractivity contribution is 8.14. The first-order valence-electron chi connectivity index (χ1n) is 10.4. The normalized spacial score (nSPS) is 23.0. The maximum atomic E-state index is 13.2. The summed E-state index contributed by atoms with van der Waals surface area (Å²) in [6.07, 6.45) is 4.79. The summed E-state index contributed by atoms with van der Waals surface area (Å²) in [5, 5.41) is 10.1. The number of anilines is 1. The van der Waals surface area contributed by atoms with E-state index in [1.807, 2.05) is 29.4 Å². The maximum Gasteiger partial charge on any atom is 0.234 e. The predicted octanol–water partition coefficient (Wildman–Crippen LogP) is 3.47. The zero-order valence-electron chi connectivity index (χ0n) is 17.7. The number of amidine groups is 1. The van der Waals surface area contributed by atoms with Gasteiger partial charge in [-0.25, -0.2) is 9.82 Å². The van der Waals surface area contributed by atoms with Crippen molar-refractivity contribution in [2.75, 3.05) is 18.2 Å². The van der Waals surface area contributed by atoms with Crippen LogP contribution in [0.4, 0.5) is 10.1 Å². The molecule has 1 saturated heterocycles. The number of benzene rings is 2. The quantitative estimate of drug-likeness (QED) is 0.594. The van der Waals surface area contributed by atoms with Crippen LogP contribution in [0.25, 0.3) is 0 Å². The third-order valence-corrected chi connectivity index (χ3v) is 7.04. The fourth-order valence-corrected chi connectivity index (χ4v) is 5.10. The second-order valence-electron chi connectivity index (χ2n) is 7.80. The minimum Gasteiger partial charge on any atom is -0.497 e. The number of fused-ring (bicyclic) bond motifs is 3. The zero-order chi connectivity index (χ0) is 22.9. The Bertz CT molecular complexity index is 1110. The molecule has 33 heavy (non-hydrogen) atoms. The molecular formula is C22H22ClFN6O2S. The molecule has 172 valence electrons. The lowest BCUT2D eigenvalue weighted by Crippen LogP contribution is -2.54. The third-order valence-electron chi connectivity index (χ3n) is 5.76. The van der Waals surface area contributed by atoms with Gasteiger partial charge in [0.2, 0.25) is 5.91 Å². The molecule has 3 atom stereocenters. The van der Waals surface area contributed by atoms with Crippen molar-refractivity contribution in [1.82, 2.24) is 20.8 Å². The van der Waals surface area contributed by atoms with Crippen LogP contribution in [0.2, 0.25) is 5.02 Å². The molecule has 3 N–H and O–H groups in total. The summed E-state index contributed by atoms with van der Waals surface area (Å²) >= 11 is 7.31. The zero-order valence-corrected chi connectivity index (χ0v) is 19.2. The Balaban J connectivity index is 1.18. The van der Waals surface area contributed by atoms with E-state index in [2.05, 4.69) is 38.4 Å². The maximum absolute atomic E-state index is 13.2. The number of halogens is 2. The molecule has 5 rings (SSSR count). The lowest BCUT2D eigenvalue weighted by Gasteiger charge is -2.36. The fourth-order valence-electron chi connectivity index (χ4n) is 4.11. The average molecular weight is 489 g/mol. The lowest BCUT2D eigenvalue weighted by atomic mass is 10.00. The van der Waals surface area contributed by atoms with E-state index in [1.165, 1.54) is 35.5 Å². The number of hydrogen-bond donors (Lipinski definition) is 3. The number of carbonyl (C=O) groups excluding carboxylic acids is 1. The largest absolute Gasteiger partial charge is 0.497 e. The van der Waals surface area contributed by atoms with E-state index in [-0.39, 0.29) is 34.9 Å². The number of ether oxygens (including phenoxy) is 1. The number of hydrazine groups is 1. The van der Waals surface area contributed by atoms with Crippen LogP contribution in [0.1, 0.15) is 18.0 Å². The fraction of sp³-hybridized carbons (Fsp3) is 0.273. The summed E-state index contributed by atoms with van der Waals surface area (Å²) in [6.45, 7) is 0. The number of hydrazone groups is 1. The molecule has 8 nitrogen and oxygen atoms in total. The van der Waals surface area contributed by atoms with Gasteiger partial charge in [0.15, 0.2) is 5.17 Å². The summed E-state index contributed by atoms with van der Waals surface area (Å²) in [5.41, 5.74) is 8.31. The molecule has 0 radical (unpaired) electrons. The number of amides is 1. The van der Waals surface area contributed by atoms with Crippen molar-refractivity contribution in [2.24, 2.45) is 5.10 Å². The van der Waals surface area contributed by atoms with E-state index in [0.29, 0.717) is 10.9 Å². The van der Waals surface area contributed by atoms with Gasteiger partial charge in [0, 0.05) is 12.4 Å². The molecule has 0 spiro atoms. The van der Waals surface area contributed by atoms with Crippen molar-refractivity contribution in [3.63, 3.8) is 0 Å². The van der Waals surface area contributed by atoms with Crippen LogP contribution in [-0.2, 0) is 4.79 Å². The Labute approximate surface area is 199 Å². The second kappa shape index (κ2) is 9.12. The number of carbonyl (C=O) groups is 1. The minimum atomic E-state index is -0.452. The molecule has 0 bridgehead atoms. The van der Waals surface area contributed by atoms with E-state index >= 15 is 0 Å². The lowest BCUT2D eigenvalue weighted by molar-refractivity contribution is -0.113. The monoisotopic (exact) mass is 488 g/mol.